The van der Waals surface area contributed by atoms with Crippen molar-refractivity contribution in [1.82, 2.24) is 5.32 Å². The van der Waals surface area contributed by atoms with Gasteiger partial charge in [-0.2, -0.15) is 0 Å². The average Bonchev–Trinajstić information content (AvgIpc) is 2.40. The van der Waals surface area contributed by atoms with E-state index in [1.165, 1.54) is 43.4 Å². The summed E-state index contributed by atoms with van der Waals surface area (Å²) in [4.78, 5) is 2.48. The van der Waals surface area contributed by atoms with Crippen LogP contribution < -0.4 is 10.2 Å². The van der Waals surface area contributed by atoms with E-state index in [1.807, 2.05) is 7.05 Å². The van der Waals surface area contributed by atoms with Crippen molar-refractivity contribution < 1.29 is 0 Å². The van der Waals surface area contributed by atoms with Crippen LogP contribution in [0.15, 0.2) is 22.7 Å². The zero-order valence-corrected chi connectivity index (χ0v) is 13.0. The molecule has 1 N–H and O–H groups in total. The van der Waals surface area contributed by atoms with Gasteiger partial charge in [0.2, 0.25) is 0 Å². The third kappa shape index (κ3) is 3.27. The van der Waals surface area contributed by atoms with Crippen molar-refractivity contribution >= 4 is 21.6 Å². The molecule has 0 saturated heterocycles. The quantitative estimate of drug-likeness (QED) is 0.906. The van der Waals surface area contributed by atoms with E-state index in [9.17, 15) is 0 Å². The van der Waals surface area contributed by atoms with E-state index >= 15 is 0 Å². The van der Waals surface area contributed by atoms with Gasteiger partial charge in [-0.05, 0) is 43.7 Å². The molecule has 2 nitrogen and oxygen atoms in total. The minimum atomic E-state index is 0.718. The van der Waals surface area contributed by atoms with Crippen LogP contribution in [-0.2, 0) is 6.54 Å². The zero-order valence-electron chi connectivity index (χ0n) is 11.4. The van der Waals surface area contributed by atoms with Crippen molar-refractivity contribution in [2.24, 2.45) is 0 Å². The van der Waals surface area contributed by atoms with Gasteiger partial charge in [0.15, 0.2) is 0 Å². The smallest absolute Gasteiger partial charge is 0.0412 e. The number of rotatable bonds is 4. The van der Waals surface area contributed by atoms with Gasteiger partial charge >= 0.3 is 0 Å². The molecule has 0 aliphatic heterocycles. The molecule has 1 aromatic rings. The Morgan fingerprint density at radius 2 is 2.00 bits per heavy atom. The van der Waals surface area contributed by atoms with Crippen molar-refractivity contribution in [2.75, 3.05) is 19.0 Å². The minimum Gasteiger partial charge on any atom is -0.371 e. The summed E-state index contributed by atoms with van der Waals surface area (Å²) < 4.78 is 1.16. The Kier molecular flexibility index (Phi) is 5.07. The number of hydrogen-bond donors (Lipinski definition) is 1. The minimum absolute atomic E-state index is 0.718. The van der Waals surface area contributed by atoms with E-state index in [2.05, 4.69) is 51.4 Å². The first-order valence-electron chi connectivity index (χ1n) is 6.88. The summed E-state index contributed by atoms with van der Waals surface area (Å²) in [5, 5.41) is 3.26. The maximum Gasteiger partial charge on any atom is 0.0412 e. The van der Waals surface area contributed by atoms with E-state index in [0.29, 0.717) is 0 Å². The van der Waals surface area contributed by atoms with E-state index < -0.39 is 0 Å². The molecule has 1 aliphatic rings. The maximum absolute atomic E-state index is 3.57. The lowest BCUT2D eigenvalue weighted by Crippen LogP contribution is -2.34. The van der Waals surface area contributed by atoms with E-state index in [4.69, 9.17) is 0 Å². The van der Waals surface area contributed by atoms with Gasteiger partial charge < -0.3 is 10.2 Å². The van der Waals surface area contributed by atoms with Crippen LogP contribution in [0.1, 0.15) is 37.7 Å². The van der Waals surface area contributed by atoms with E-state index in [0.717, 1.165) is 17.1 Å². The van der Waals surface area contributed by atoms with Crippen LogP contribution in [0, 0.1) is 0 Å². The molecule has 0 aromatic heterocycles. The Bertz CT molecular complexity index is 386. The number of anilines is 1. The number of halogens is 1. The van der Waals surface area contributed by atoms with Gasteiger partial charge in [0.05, 0.1) is 0 Å². The topological polar surface area (TPSA) is 15.3 Å². The molecule has 1 aliphatic carbocycles. The molecule has 1 aromatic carbocycles. The monoisotopic (exact) mass is 310 g/mol. The third-order valence-electron chi connectivity index (χ3n) is 3.91. The molecular weight excluding hydrogens is 288 g/mol. The van der Waals surface area contributed by atoms with Crippen LogP contribution in [-0.4, -0.2) is 20.1 Å². The standard InChI is InChI=1S/C15H23BrN2/c1-17-11-12-10-13(16)8-9-15(12)18(2)14-6-4-3-5-7-14/h8-10,14,17H,3-7,11H2,1-2H3. The number of benzene rings is 1. The van der Waals surface area contributed by atoms with Crippen LogP contribution in [0.2, 0.25) is 0 Å². The Labute approximate surface area is 119 Å². The van der Waals surface area contributed by atoms with Crippen molar-refractivity contribution in [3.63, 3.8) is 0 Å². The van der Waals surface area contributed by atoms with Gasteiger partial charge in [-0.1, -0.05) is 35.2 Å². The highest BCUT2D eigenvalue weighted by atomic mass is 79.9. The fraction of sp³-hybridized carbons (Fsp3) is 0.600. The first-order chi connectivity index (χ1) is 8.72. The van der Waals surface area contributed by atoms with Gasteiger partial charge in [0.25, 0.3) is 0 Å². The van der Waals surface area contributed by atoms with Crippen LogP contribution in [0.4, 0.5) is 5.69 Å². The highest BCUT2D eigenvalue weighted by Gasteiger charge is 2.19. The lowest BCUT2D eigenvalue weighted by molar-refractivity contribution is 0.427. The van der Waals surface area contributed by atoms with Gasteiger partial charge in [0.1, 0.15) is 0 Å². The SMILES string of the molecule is CNCc1cc(Br)ccc1N(C)C1CCCCC1. The molecule has 100 valence electrons. The van der Waals surface area contributed by atoms with Gasteiger partial charge in [-0.25, -0.2) is 0 Å². The fourth-order valence-corrected chi connectivity index (χ4v) is 3.30. The lowest BCUT2D eigenvalue weighted by Gasteiger charge is -2.34. The largest absolute Gasteiger partial charge is 0.371 e. The summed E-state index contributed by atoms with van der Waals surface area (Å²) >= 11 is 3.57. The molecule has 1 fully saturated rings. The van der Waals surface area contributed by atoms with E-state index in [1.54, 1.807) is 0 Å². The van der Waals surface area contributed by atoms with Gasteiger partial charge in [-0.3, -0.25) is 0 Å². The first-order valence-corrected chi connectivity index (χ1v) is 7.67. The second-order valence-electron chi connectivity index (χ2n) is 5.21. The maximum atomic E-state index is 3.57. The van der Waals surface area contributed by atoms with Crippen LogP contribution in [0.3, 0.4) is 0 Å². The van der Waals surface area contributed by atoms with Crippen LogP contribution in [0.5, 0.6) is 0 Å². The second-order valence-corrected chi connectivity index (χ2v) is 6.12. The van der Waals surface area contributed by atoms with Crippen LogP contribution >= 0.6 is 15.9 Å². The summed E-state index contributed by atoms with van der Waals surface area (Å²) in [6.07, 6.45) is 6.85. The number of nitrogens with one attached hydrogen (secondary N) is 1. The molecule has 3 heteroatoms. The van der Waals surface area contributed by atoms with Crippen molar-refractivity contribution in [2.45, 2.75) is 44.7 Å². The summed E-state index contributed by atoms with van der Waals surface area (Å²) in [7, 11) is 4.25. The highest BCUT2D eigenvalue weighted by Crippen LogP contribution is 2.30. The molecule has 0 amide bonds. The predicted octanol–water partition coefficient (Wildman–Crippen LogP) is 3.94. The summed E-state index contributed by atoms with van der Waals surface area (Å²) in [5.41, 5.74) is 2.75. The van der Waals surface area contributed by atoms with Crippen molar-refractivity contribution in [3.05, 3.63) is 28.2 Å². The molecule has 2 rings (SSSR count). The van der Waals surface area contributed by atoms with Crippen molar-refractivity contribution in [1.29, 1.82) is 0 Å². The van der Waals surface area contributed by atoms with E-state index in [-0.39, 0.29) is 0 Å². The molecule has 0 atom stereocenters. The molecule has 0 radical (unpaired) electrons. The van der Waals surface area contributed by atoms with Crippen molar-refractivity contribution in [3.8, 4) is 0 Å². The molecule has 0 heterocycles. The predicted molar refractivity (Wildman–Crippen MR) is 82.2 cm³/mol. The Hall–Kier alpha value is -0.540. The van der Waals surface area contributed by atoms with Gasteiger partial charge in [-0.15, -0.1) is 0 Å². The second kappa shape index (κ2) is 6.58. The molecule has 1 saturated carbocycles. The zero-order chi connectivity index (χ0) is 13.0. The Balaban J connectivity index is 2.19. The normalized spacial score (nSPS) is 16.8. The molecule has 18 heavy (non-hydrogen) atoms. The highest BCUT2D eigenvalue weighted by molar-refractivity contribution is 9.10. The third-order valence-corrected chi connectivity index (χ3v) is 4.40. The Morgan fingerprint density at radius 3 is 2.67 bits per heavy atom. The Morgan fingerprint density at radius 1 is 1.28 bits per heavy atom. The summed E-state index contributed by atoms with van der Waals surface area (Å²) in [6.45, 7) is 0.922. The lowest BCUT2D eigenvalue weighted by atomic mass is 9.94. The summed E-state index contributed by atoms with van der Waals surface area (Å²) in [6, 6.07) is 7.33. The van der Waals surface area contributed by atoms with Gasteiger partial charge in [0, 0.05) is 29.8 Å². The molecule has 0 spiro atoms. The summed E-state index contributed by atoms with van der Waals surface area (Å²) in [5.74, 6) is 0. The average molecular weight is 311 g/mol. The number of hydrogen-bond acceptors (Lipinski definition) is 2. The fourth-order valence-electron chi connectivity index (χ4n) is 2.90. The molecular formula is C15H23BrN2. The number of nitrogens with zero attached hydrogens (tertiary/aromatic N) is 1. The van der Waals surface area contributed by atoms with Crippen LogP contribution in [0.25, 0.3) is 0 Å². The first kappa shape index (κ1) is 13.9. The molecule has 0 bridgehead atoms. The molecule has 0 unspecified atom stereocenters.